The van der Waals surface area contributed by atoms with Crippen molar-refractivity contribution in [1.82, 2.24) is 19.1 Å². The number of benzene rings is 1. The number of pyridine rings is 1. The minimum absolute atomic E-state index is 0.116. The fourth-order valence-electron chi connectivity index (χ4n) is 3.68. The van der Waals surface area contributed by atoms with Crippen molar-refractivity contribution in [3.63, 3.8) is 0 Å². The smallest absolute Gasteiger partial charge is 0.190 e. The molecule has 4 heterocycles. The number of fused-ring (bicyclic) bond motifs is 3. The Morgan fingerprint density at radius 2 is 2.18 bits per heavy atom. The van der Waals surface area contributed by atoms with Gasteiger partial charge in [0.1, 0.15) is 17.0 Å². The number of aryl methyl sites for hydroxylation is 1. The number of epoxide rings is 1. The SMILES string of the molecule is [C-]#[N+]c1cc(F)cc(-c2cc3c4c(ncn4C)c(NC)nc3n2CC2CO2)c1. The molecule has 0 bridgehead atoms. The van der Waals surface area contributed by atoms with Crippen molar-refractivity contribution in [1.29, 1.82) is 0 Å². The fourth-order valence-corrected chi connectivity index (χ4v) is 3.68. The lowest BCUT2D eigenvalue weighted by atomic mass is 10.1. The Labute approximate surface area is 160 Å². The summed E-state index contributed by atoms with van der Waals surface area (Å²) < 4.78 is 23.6. The van der Waals surface area contributed by atoms with Crippen LogP contribution in [0.3, 0.4) is 0 Å². The van der Waals surface area contributed by atoms with Crippen LogP contribution in [0.2, 0.25) is 0 Å². The van der Waals surface area contributed by atoms with E-state index < -0.39 is 5.82 Å². The normalized spacial score (nSPS) is 15.9. The largest absolute Gasteiger partial charge is 0.371 e. The van der Waals surface area contributed by atoms with E-state index in [-0.39, 0.29) is 11.8 Å². The van der Waals surface area contributed by atoms with E-state index in [0.717, 1.165) is 27.8 Å². The zero-order valence-corrected chi connectivity index (χ0v) is 15.4. The quantitative estimate of drug-likeness (QED) is 0.436. The van der Waals surface area contributed by atoms with Gasteiger partial charge in [-0.15, -0.1) is 0 Å². The summed E-state index contributed by atoms with van der Waals surface area (Å²) in [5.74, 6) is 0.254. The van der Waals surface area contributed by atoms with E-state index in [4.69, 9.17) is 16.3 Å². The number of ether oxygens (including phenoxy) is 1. The minimum Gasteiger partial charge on any atom is -0.371 e. The van der Waals surface area contributed by atoms with Crippen LogP contribution in [-0.4, -0.2) is 38.9 Å². The summed E-state index contributed by atoms with van der Waals surface area (Å²) in [7, 11) is 3.75. The third-order valence-electron chi connectivity index (χ3n) is 5.04. The van der Waals surface area contributed by atoms with Gasteiger partial charge in [0.15, 0.2) is 11.5 Å². The number of halogens is 1. The highest BCUT2D eigenvalue weighted by atomic mass is 19.1. The van der Waals surface area contributed by atoms with Crippen LogP contribution in [0, 0.1) is 12.4 Å². The van der Waals surface area contributed by atoms with Crippen LogP contribution in [0.25, 0.3) is 38.2 Å². The average Bonchev–Trinajstić information content (AvgIpc) is 3.33. The molecule has 0 saturated carbocycles. The van der Waals surface area contributed by atoms with E-state index in [1.165, 1.54) is 12.1 Å². The molecule has 0 radical (unpaired) electrons. The lowest BCUT2D eigenvalue weighted by Crippen LogP contribution is -2.07. The Morgan fingerprint density at radius 3 is 2.89 bits per heavy atom. The molecule has 0 amide bonds. The first kappa shape index (κ1) is 16.7. The first-order chi connectivity index (χ1) is 13.6. The van der Waals surface area contributed by atoms with Gasteiger partial charge in [-0.25, -0.2) is 19.2 Å². The molecule has 1 aliphatic rings. The maximum Gasteiger partial charge on any atom is 0.190 e. The average molecular weight is 376 g/mol. The second-order valence-corrected chi connectivity index (χ2v) is 6.91. The highest BCUT2D eigenvalue weighted by Crippen LogP contribution is 2.36. The second-order valence-electron chi connectivity index (χ2n) is 6.91. The fraction of sp³-hybridized carbons (Fsp3) is 0.250. The number of hydrogen-bond donors (Lipinski definition) is 1. The van der Waals surface area contributed by atoms with Gasteiger partial charge < -0.3 is 19.2 Å². The summed E-state index contributed by atoms with van der Waals surface area (Å²) in [6.07, 6.45) is 1.87. The van der Waals surface area contributed by atoms with Gasteiger partial charge in [0.25, 0.3) is 0 Å². The minimum atomic E-state index is -0.433. The molecule has 1 saturated heterocycles. The number of hydrogen-bond acceptors (Lipinski definition) is 4. The standard InChI is InChI=1S/C20H17FN6O/c1-22-13-5-11(4-12(21)6-13)16-7-15-18-17(24-10-26(18)3)19(23-2)25-20(15)27(16)8-14-9-28-14/h4-7,10,14H,8-9H2,2-3H3,(H,23,25). The molecular weight excluding hydrogens is 359 g/mol. The maximum atomic E-state index is 14.1. The number of nitrogens with zero attached hydrogens (tertiary/aromatic N) is 5. The van der Waals surface area contributed by atoms with Crippen LogP contribution in [0.1, 0.15) is 0 Å². The molecule has 3 aromatic heterocycles. The van der Waals surface area contributed by atoms with Crippen LogP contribution in [0.4, 0.5) is 15.9 Å². The van der Waals surface area contributed by atoms with Crippen LogP contribution in [0.15, 0.2) is 30.6 Å². The van der Waals surface area contributed by atoms with Gasteiger partial charge >= 0.3 is 0 Å². The van der Waals surface area contributed by atoms with Gasteiger partial charge in [-0.1, -0.05) is 0 Å². The molecule has 1 aliphatic heterocycles. The molecule has 1 fully saturated rings. The summed E-state index contributed by atoms with van der Waals surface area (Å²) in [5.41, 5.74) is 4.23. The van der Waals surface area contributed by atoms with Crippen molar-refractivity contribution < 1.29 is 9.13 Å². The molecule has 1 N–H and O–H groups in total. The van der Waals surface area contributed by atoms with Crippen molar-refractivity contribution in [2.75, 3.05) is 19.0 Å². The molecule has 4 aromatic rings. The number of rotatable bonds is 4. The second kappa shape index (κ2) is 6.04. The Bertz CT molecular complexity index is 1280. The summed E-state index contributed by atoms with van der Waals surface area (Å²) >= 11 is 0. The molecule has 1 atom stereocenters. The van der Waals surface area contributed by atoms with E-state index >= 15 is 0 Å². The molecule has 0 aliphatic carbocycles. The van der Waals surface area contributed by atoms with Crippen LogP contribution < -0.4 is 5.32 Å². The van der Waals surface area contributed by atoms with E-state index in [2.05, 4.69) is 15.1 Å². The van der Waals surface area contributed by atoms with E-state index in [9.17, 15) is 4.39 Å². The highest BCUT2D eigenvalue weighted by molar-refractivity contribution is 6.07. The number of nitrogens with one attached hydrogen (secondary N) is 1. The van der Waals surface area contributed by atoms with Crippen LogP contribution in [-0.2, 0) is 18.3 Å². The highest BCUT2D eigenvalue weighted by Gasteiger charge is 2.27. The number of anilines is 1. The number of imidazole rings is 1. The monoisotopic (exact) mass is 376 g/mol. The van der Waals surface area contributed by atoms with Gasteiger partial charge in [0, 0.05) is 25.2 Å². The molecule has 140 valence electrons. The van der Waals surface area contributed by atoms with Crippen LogP contribution in [0.5, 0.6) is 0 Å². The van der Waals surface area contributed by atoms with Crippen molar-refractivity contribution in [2.45, 2.75) is 12.6 Å². The predicted octanol–water partition coefficient (Wildman–Crippen LogP) is 3.72. The van der Waals surface area contributed by atoms with E-state index in [1.54, 1.807) is 12.4 Å². The van der Waals surface area contributed by atoms with Crippen molar-refractivity contribution in [2.24, 2.45) is 7.05 Å². The maximum absolute atomic E-state index is 14.1. The topological polar surface area (TPSA) is 64.6 Å². The van der Waals surface area contributed by atoms with Gasteiger partial charge in [-0.05, 0) is 29.8 Å². The molecule has 5 rings (SSSR count). The molecular formula is C20H17FN6O. The lowest BCUT2D eigenvalue weighted by molar-refractivity contribution is 0.386. The summed E-state index contributed by atoms with van der Waals surface area (Å²) in [6.45, 7) is 8.56. The van der Waals surface area contributed by atoms with Gasteiger partial charge in [0.2, 0.25) is 0 Å². The van der Waals surface area contributed by atoms with Gasteiger partial charge in [0.05, 0.1) is 37.7 Å². The third-order valence-corrected chi connectivity index (χ3v) is 5.04. The Hall–Kier alpha value is -3.44. The molecule has 0 spiro atoms. The summed E-state index contributed by atoms with van der Waals surface area (Å²) in [6, 6.07) is 6.39. The Balaban J connectivity index is 1.86. The summed E-state index contributed by atoms with van der Waals surface area (Å²) in [4.78, 5) is 12.7. The molecule has 1 aromatic carbocycles. The summed E-state index contributed by atoms with van der Waals surface area (Å²) in [5, 5.41) is 4.05. The van der Waals surface area contributed by atoms with E-state index in [1.807, 2.05) is 29.3 Å². The Kier molecular flexibility index (Phi) is 3.60. The molecule has 28 heavy (non-hydrogen) atoms. The predicted molar refractivity (Wildman–Crippen MR) is 105 cm³/mol. The molecule has 1 unspecified atom stereocenters. The first-order valence-electron chi connectivity index (χ1n) is 8.91. The van der Waals surface area contributed by atoms with E-state index in [0.29, 0.717) is 24.5 Å². The Morgan fingerprint density at radius 1 is 1.36 bits per heavy atom. The third kappa shape index (κ3) is 2.52. The lowest BCUT2D eigenvalue weighted by Gasteiger charge is -2.10. The molecule has 8 heteroatoms. The zero-order valence-electron chi connectivity index (χ0n) is 15.4. The van der Waals surface area contributed by atoms with Gasteiger partial charge in [-0.3, -0.25) is 0 Å². The number of aromatic nitrogens is 4. The zero-order chi connectivity index (χ0) is 19.4. The van der Waals surface area contributed by atoms with Crippen molar-refractivity contribution >= 4 is 33.6 Å². The molecule has 7 nitrogen and oxygen atoms in total. The van der Waals surface area contributed by atoms with Crippen LogP contribution >= 0.6 is 0 Å². The van der Waals surface area contributed by atoms with Crippen molar-refractivity contribution in [3.8, 4) is 11.3 Å². The van der Waals surface area contributed by atoms with Gasteiger partial charge in [-0.2, -0.15) is 0 Å². The first-order valence-corrected chi connectivity index (χ1v) is 8.91. The van der Waals surface area contributed by atoms with Crippen molar-refractivity contribution in [3.05, 3.63) is 47.8 Å².